The smallest absolute Gasteiger partial charge is 0.223 e. The Morgan fingerprint density at radius 3 is 2.75 bits per heavy atom. The number of aromatic nitrogens is 2. The molecule has 104 valence electrons. The number of nitrogens with zero attached hydrogens (tertiary/aromatic N) is 2. The molecule has 2 saturated carbocycles. The molecule has 0 amide bonds. The minimum absolute atomic E-state index is 0.140. The van der Waals surface area contributed by atoms with Gasteiger partial charge in [0.1, 0.15) is 0 Å². The molecule has 0 aliphatic heterocycles. The van der Waals surface area contributed by atoms with Gasteiger partial charge >= 0.3 is 0 Å². The summed E-state index contributed by atoms with van der Waals surface area (Å²) >= 11 is 0. The third-order valence-electron chi connectivity index (χ3n) is 4.58. The summed E-state index contributed by atoms with van der Waals surface area (Å²) in [4.78, 5) is 4.40. The van der Waals surface area contributed by atoms with Crippen molar-refractivity contribution in [2.75, 3.05) is 6.54 Å². The third-order valence-corrected chi connectivity index (χ3v) is 4.58. The van der Waals surface area contributed by atoms with Crippen molar-refractivity contribution in [3.63, 3.8) is 0 Å². The van der Waals surface area contributed by atoms with Crippen LogP contribution in [0.1, 0.15) is 42.5 Å². The second kappa shape index (κ2) is 4.42. The van der Waals surface area contributed by atoms with Gasteiger partial charge in [0, 0.05) is 30.8 Å². The van der Waals surface area contributed by atoms with Crippen LogP contribution in [-0.2, 0) is 5.41 Å². The predicted molar refractivity (Wildman–Crippen MR) is 75.5 cm³/mol. The maximum atomic E-state index is 5.11. The molecule has 0 unspecified atom stereocenters. The molecule has 2 atom stereocenters. The monoisotopic (exact) mass is 269 g/mol. The molecule has 4 nitrogen and oxygen atoms in total. The van der Waals surface area contributed by atoms with E-state index in [0.717, 1.165) is 12.4 Å². The predicted octanol–water partition coefficient (Wildman–Crippen LogP) is 2.56. The highest BCUT2D eigenvalue weighted by molar-refractivity contribution is 5.28. The van der Waals surface area contributed by atoms with Crippen molar-refractivity contribution in [2.45, 2.75) is 43.6 Å². The van der Waals surface area contributed by atoms with Gasteiger partial charge in [-0.2, -0.15) is 4.98 Å². The minimum Gasteiger partial charge on any atom is -0.340 e. The number of rotatable bonds is 5. The van der Waals surface area contributed by atoms with Gasteiger partial charge in [0.05, 0.1) is 0 Å². The Hall–Kier alpha value is -1.68. The van der Waals surface area contributed by atoms with E-state index in [9.17, 15) is 0 Å². The van der Waals surface area contributed by atoms with E-state index in [2.05, 4.69) is 45.8 Å². The number of hydrogen-bond donors (Lipinski definition) is 1. The van der Waals surface area contributed by atoms with Crippen LogP contribution in [0.25, 0.3) is 0 Å². The fourth-order valence-electron chi connectivity index (χ4n) is 2.96. The van der Waals surface area contributed by atoms with E-state index in [-0.39, 0.29) is 5.41 Å². The largest absolute Gasteiger partial charge is 0.340 e. The van der Waals surface area contributed by atoms with Gasteiger partial charge in [-0.1, -0.05) is 35.5 Å². The van der Waals surface area contributed by atoms with Gasteiger partial charge in [-0.05, 0) is 24.8 Å². The first-order valence-electron chi connectivity index (χ1n) is 7.36. The molecule has 1 aromatic carbocycles. The summed E-state index contributed by atoms with van der Waals surface area (Å²) in [5, 5.41) is 7.79. The van der Waals surface area contributed by atoms with Crippen molar-refractivity contribution in [3.05, 3.63) is 47.6 Å². The Kier molecular flexibility index (Phi) is 2.67. The van der Waals surface area contributed by atoms with Gasteiger partial charge in [-0.15, -0.1) is 0 Å². The lowest BCUT2D eigenvalue weighted by atomic mass is 10.1. The van der Waals surface area contributed by atoms with Crippen LogP contribution in [0, 0.1) is 6.92 Å². The van der Waals surface area contributed by atoms with Gasteiger partial charge < -0.3 is 9.84 Å². The van der Waals surface area contributed by atoms with Crippen LogP contribution in [0.3, 0.4) is 0 Å². The summed E-state index contributed by atoms with van der Waals surface area (Å²) in [6.45, 7) is 2.83. The molecule has 1 aromatic heterocycles. The highest BCUT2D eigenvalue weighted by atomic mass is 16.5. The van der Waals surface area contributed by atoms with Crippen molar-refractivity contribution in [2.24, 2.45) is 0 Å². The summed E-state index contributed by atoms with van der Waals surface area (Å²) in [6.07, 6.45) is 3.58. The number of aryl methyl sites for hydroxylation is 1. The number of benzene rings is 1. The third kappa shape index (κ3) is 2.14. The molecule has 2 aliphatic carbocycles. The van der Waals surface area contributed by atoms with Gasteiger partial charge in [0.15, 0.2) is 5.82 Å². The average molecular weight is 269 g/mol. The molecule has 0 spiro atoms. The molecular formula is C16H19N3O. The molecule has 1 heterocycles. The van der Waals surface area contributed by atoms with Crippen LogP contribution in [0.5, 0.6) is 0 Å². The van der Waals surface area contributed by atoms with E-state index < -0.39 is 0 Å². The van der Waals surface area contributed by atoms with Crippen LogP contribution in [0.4, 0.5) is 0 Å². The van der Waals surface area contributed by atoms with Crippen molar-refractivity contribution in [1.82, 2.24) is 15.5 Å². The molecule has 20 heavy (non-hydrogen) atoms. The topological polar surface area (TPSA) is 51.0 Å². The minimum atomic E-state index is 0.140. The van der Waals surface area contributed by atoms with E-state index in [0.29, 0.717) is 17.9 Å². The van der Waals surface area contributed by atoms with Gasteiger partial charge in [-0.25, -0.2) is 0 Å². The quantitative estimate of drug-likeness (QED) is 0.906. The highest BCUT2D eigenvalue weighted by Gasteiger charge is 2.50. The summed E-state index contributed by atoms with van der Waals surface area (Å²) in [5.74, 6) is 2.23. The average Bonchev–Trinajstić information content (AvgIpc) is 3.38. The van der Waals surface area contributed by atoms with Gasteiger partial charge in [0.25, 0.3) is 0 Å². The summed E-state index contributed by atoms with van der Waals surface area (Å²) in [7, 11) is 0. The first kappa shape index (κ1) is 12.1. The molecule has 0 saturated heterocycles. The lowest BCUT2D eigenvalue weighted by molar-refractivity contribution is 0.379. The second-order valence-corrected chi connectivity index (χ2v) is 6.16. The normalized spacial score (nSPS) is 26.4. The van der Waals surface area contributed by atoms with Crippen LogP contribution < -0.4 is 5.32 Å². The van der Waals surface area contributed by atoms with Crippen LogP contribution >= 0.6 is 0 Å². The van der Waals surface area contributed by atoms with E-state index in [1.165, 1.54) is 24.8 Å². The lowest BCUT2D eigenvalue weighted by Crippen LogP contribution is -2.30. The van der Waals surface area contributed by atoms with Crippen molar-refractivity contribution in [1.29, 1.82) is 0 Å². The van der Waals surface area contributed by atoms with E-state index >= 15 is 0 Å². The first-order chi connectivity index (χ1) is 9.77. The zero-order valence-corrected chi connectivity index (χ0v) is 11.7. The SMILES string of the molecule is Cc1nc(C2(CN[C@@H]3C[C@H]3c3ccccc3)CC2)no1. The molecule has 1 N–H and O–H groups in total. The summed E-state index contributed by atoms with van der Waals surface area (Å²) < 4.78 is 5.11. The second-order valence-electron chi connectivity index (χ2n) is 6.16. The lowest BCUT2D eigenvalue weighted by Gasteiger charge is -2.11. The van der Waals surface area contributed by atoms with Crippen LogP contribution in [0.2, 0.25) is 0 Å². The maximum absolute atomic E-state index is 5.11. The van der Waals surface area contributed by atoms with Gasteiger partial charge in [0.2, 0.25) is 5.89 Å². The molecular weight excluding hydrogens is 250 g/mol. The molecule has 2 aromatic rings. The molecule has 4 rings (SSSR count). The Labute approximate surface area is 118 Å². The summed E-state index contributed by atoms with van der Waals surface area (Å²) in [6, 6.07) is 11.4. The standard InChI is InChI=1S/C16H19N3O/c1-11-18-15(19-20-11)16(7-8-16)10-17-14-9-13(14)12-5-3-2-4-6-12/h2-6,13-14,17H,7-10H2,1H3/t13-,14+/m0/s1. The Balaban J connectivity index is 1.36. The zero-order valence-electron chi connectivity index (χ0n) is 11.7. The highest BCUT2D eigenvalue weighted by Crippen LogP contribution is 2.48. The Morgan fingerprint density at radius 2 is 2.10 bits per heavy atom. The molecule has 2 aliphatic rings. The fourth-order valence-corrected chi connectivity index (χ4v) is 2.96. The van der Waals surface area contributed by atoms with Crippen molar-refractivity contribution in [3.8, 4) is 0 Å². The number of hydrogen-bond acceptors (Lipinski definition) is 4. The Morgan fingerprint density at radius 1 is 1.30 bits per heavy atom. The number of nitrogens with one attached hydrogen (secondary N) is 1. The van der Waals surface area contributed by atoms with E-state index in [4.69, 9.17) is 4.52 Å². The van der Waals surface area contributed by atoms with Crippen LogP contribution in [0.15, 0.2) is 34.9 Å². The zero-order chi connectivity index (χ0) is 13.6. The maximum Gasteiger partial charge on any atom is 0.223 e. The molecule has 2 fully saturated rings. The van der Waals surface area contributed by atoms with Crippen molar-refractivity contribution >= 4 is 0 Å². The Bertz CT molecular complexity index is 603. The molecule has 0 radical (unpaired) electrons. The molecule has 4 heteroatoms. The van der Waals surface area contributed by atoms with E-state index in [1.54, 1.807) is 0 Å². The van der Waals surface area contributed by atoms with Gasteiger partial charge in [-0.3, -0.25) is 0 Å². The fraction of sp³-hybridized carbons (Fsp3) is 0.500. The first-order valence-corrected chi connectivity index (χ1v) is 7.36. The van der Waals surface area contributed by atoms with Crippen molar-refractivity contribution < 1.29 is 4.52 Å². The van der Waals surface area contributed by atoms with E-state index in [1.807, 2.05) is 6.92 Å². The summed E-state index contributed by atoms with van der Waals surface area (Å²) in [5.41, 5.74) is 1.59. The van der Waals surface area contributed by atoms with Crippen LogP contribution in [-0.4, -0.2) is 22.7 Å². The molecule has 0 bridgehead atoms.